The van der Waals surface area contributed by atoms with Gasteiger partial charge >= 0.3 is 0 Å². The number of allylic oxidation sites excluding steroid dienone is 4. The van der Waals surface area contributed by atoms with Gasteiger partial charge in [0.05, 0.1) is 0 Å². The van der Waals surface area contributed by atoms with Gasteiger partial charge in [-0.1, -0.05) is 60.7 Å². The summed E-state index contributed by atoms with van der Waals surface area (Å²) in [5.41, 5.74) is 4.11. The Morgan fingerprint density at radius 2 is 1.06 bits per heavy atom. The first-order chi connectivity index (χ1) is 15.9. The molecule has 0 unspecified atom stereocenters. The Hall–Kier alpha value is -4.05. The van der Waals surface area contributed by atoms with E-state index >= 15 is 0 Å². The lowest BCUT2D eigenvalue weighted by atomic mass is 10.1. The topological polar surface area (TPSA) is 36.7 Å². The summed E-state index contributed by atoms with van der Waals surface area (Å²) in [6.45, 7) is 0. The van der Waals surface area contributed by atoms with Crippen LogP contribution < -0.4 is 5.43 Å². The van der Waals surface area contributed by atoms with Crippen LogP contribution in [0.2, 0.25) is 0 Å². The number of rotatable bonds is 8. The standard InChI is InChI=1S/C29H30N2O2/c1-30(2)21-25(23-11-7-5-8-12-23)15-17-28-19-27(32)20-29(33-28)18-16-26(22-31(3)4)24-13-9-6-10-14-24/h5-22H,1-4H3/b17-15+,18-16+,25-21-,26-22-. The Kier molecular flexibility index (Phi) is 8.25. The van der Waals surface area contributed by atoms with E-state index in [0.717, 1.165) is 22.3 Å². The molecule has 33 heavy (non-hydrogen) atoms. The van der Waals surface area contributed by atoms with Gasteiger partial charge in [-0.2, -0.15) is 0 Å². The fourth-order valence-corrected chi connectivity index (χ4v) is 3.27. The Morgan fingerprint density at radius 1 is 0.667 bits per heavy atom. The third-order valence-corrected chi connectivity index (χ3v) is 4.67. The number of hydrogen-bond acceptors (Lipinski definition) is 4. The van der Waals surface area contributed by atoms with Crippen molar-refractivity contribution in [1.82, 2.24) is 9.80 Å². The van der Waals surface area contributed by atoms with Crippen molar-refractivity contribution in [2.24, 2.45) is 0 Å². The third-order valence-electron chi connectivity index (χ3n) is 4.67. The van der Waals surface area contributed by atoms with E-state index in [0.29, 0.717) is 11.5 Å². The van der Waals surface area contributed by atoms with Gasteiger partial charge in [0.2, 0.25) is 0 Å². The minimum atomic E-state index is -0.101. The highest BCUT2D eigenvalue weighted by molar-refractivity contribution is 5.79. The lowest BCUT2D eigenvalue weighted by Gasteiger charge is -2.09. The van der Waals surface area contributed by atoms with Gasteiger partial charge in [-0.3, -0.25) is 4.79 Å². The second kappa shape index (κ2) is 11.5. The largest absolute Gasteiger partial charge is 0.457 e. The van der Waals surface area contributed by atoms with Crippen molar-refractivity contribution >= 4 is 23.3 Å². The van der Waals surface area contributed by atoms with Gasteiger partial charge < -0.3 is 14.2 Å². The SMILES string of the molecule is CN(C)/C=C(/C=C/c1cc(=O)cc(/C=C/C(=C/N(C)C)c2ccccc2)o1)c1ccccc1. The van der Waals surface area contributed by atoms with Crippen molar-refractivity contribution in [2.75, 3.05) is 28.2 Å². The van der Waals surface area contributed by atoms with E-state index in [1.54, 1.807) is 0 Å². The summed E-state index contributed by atoms with van der Waals surface area (Å²) in [6, 6.07) is 23.2. The molecule has 1 heterocycles. The molecular formula is C29H30N2O2. The van der Waals surface area contributed by atoms with Crippen LogP contribution in [-0.4, -0.2) is 38.0 Å². The van der Waals surface area contributed by atoms with Gasteiger partial charge in [0, 0.05) is 52.7 Å². The van der Waals surface area contributed by atoms with E-state index < -0.39 is 0 Å². The molecule has 0 saturated heterocycles. The molecule has 0 saturated carbocycles. The average Bonchev–Trinajstić information content (AvgIpc) is 2.80. The normalized spacial score (nSPS) is 12.5. The van der Waals surface area contributed by atoms with Gasteiger partial charge in [-0.15, -0.1) is 0 Å². The van der Waals surface area contributed by atoms with E-state index in [2.05, 4.69) is 24.3 Å². The highest BCUT2D eigenvalue weighted by Gasteiger charge is 2.02. The van der Waals surface area contributed by atoms with Gasteiger partial charge in [0.15, 0.2) is 5.43 Å². The zero-order valence-corrected chi connectivity index (χ0v) is 19.6. The van der Waals surface area contributed by atoms with E-state index in [-0.39, 0.29) is 5.43 Å². The molecule has 4 nitrogen and oxygen atoms in total. The Morgan fingerprint density at radius 3 is 1.42 bits per heavy atom. The van der Waals surface area contributed by atoms with E-state index in [1.165, 1.54) is 12.1 Å². The van der Waals surface area contributed by atoms with E-state index in [4.69, 9.17) is 4.42 Å². The first-order valence-electron chi connectivity index (χ1n) is 10.8. The molecule has 0 aliphatic carbocycles. The molecular weight excluding hydrogens is 408 g/mol. The smallest absolute Gasteiger partial charge is 0.186 e. The van der Waals surface area contributed by atoms with Gasteiger partial charge in [-0.25, -0.2) is 0 Å². The minimum absolute atomic E-state index is 0.101. The number of hydrogen-bond donors (Lipinski definition) is 0. The van der Waals surface area contributed by atoms with Crippen LogP contribution in [0.1, 0.15) is 22.6 Å². The second-order valence-electron chi connectivity index (χ2n) is 8.09. The quantitative estimate of drug-likeness (QED) is 0.412. The van der Waals surface area contributed by atoms with Gasteiger partial charge in [-0.05, 0) is 46.6 Å². The summed E-state index contributed by atoms with van der Waals surface area (Å²) in [6.07, 6.45) is 11.6. The lowest BCUT2D eigenvalue weighted by Crippen LogP contribution is -2.02. The summed E-state index contributed by atoms with van der Waals surface area (Å²) in [5.74, 6) is 1.00. The molecule has 0 aliphatic rings. The minimum Gasteiger partial charge on any atom is -0.457 e. The number of nitrogens with zero attached hydrogens (tertiary/aromatic N) is 2. The molecule has 2 aromatic carbocycles. The molecule has 0 aliphatic heterocycles. The summed E-state index contributed by atoms with van der Waals surface area (Å²) in [7, 11) is 7.92. The molecule has 0 N–H and O–H groups in total. The molecule has 3 aromatic rings. The maximum atomic E-state index is 12.3. The zero-order valence-electron chi connectivity index (χ0n) is 19.6. The monoisotopic (exact) mass is 438 g/mol. The van der Waals surface area contributed by atoms with Crippen LogP contribution in [0.15, 0.2) is 107 Å². The van der Waals surface area contributed by atoms with Crippen molar-refractivity contribution < 1.29 is 4.42 Å². The lowest BCUT2D eigenvalue weighted by molar-refractivity contribution is 0.527. The maximum Gasteiger partial charge on any atom is 0.186 e. The fraction of sp³-hybridized carbons (Fsp3) is 0.138. The molecule has 1 aromatic heterocycles. The van der Waals surface area contributed by atoms with E-state index in [1.807, 2.05) is 111 Å². The molecule has 168 valence electrons. The molecule has 0 bridgehead atoms. The van der Waals surface area contributed by atoms with Crippen LogP contribution in [0.3, 0.4) is 0 Å². The summed E-state index contributed by atoms with van der Waals surface area (Å²) < 4.78 is 5.99. The molecule has 0 radical (unpaired) electrons. The van der Waals surface area contributed by atoms with Crippen molar-refractivity contribution in [3.8, 4) is 0 Å². The van der Waals surface area contributed by atoms with Crippen LogP contribution in [0.25, 0.3) is 23.3 Å². The van der Waals surface area contributed by atoms with Gasteiger partial charge in [0.1, 0.15) is 11.5 Å². The molecule has 0 amide bonds. The first-order valence-corrected chi connectivity index (χ1v) is 10.8. The van der Waals surface area contributed by atoms with E-state index in [9.17, 15) is 4.79 Å². The molecule has 0 spiro atoms. The Bertz CT molecular complexity index is 1120. The van der Waals surface area contributed by atoms with Crippen molar-refractivity contribution in [3.05, 3.63) is 130 Å². The second-order valence-corrected chi connectivity index (χ2v) is 8.09. The summed E-state index contributed by atoms with van der Waals surface area (Å²) in [5, 5.41) is 0. The maximum absolute atomic E-state index is 12.3. The average molecular weight is 439 g/mol. The molecule has 0 fully saturated rings. The van der Waals surface area contributed by atoms with Crippen LogP contribution in [-0.2, 0) is 0 Å². The zero-order chi connectivity index (χ0) is 23.6. The molecule has 0 atom stereocenters. The van der Waals surface area contributed by atoms with Crippen molar-refractivity contribution in [2.45, 2.75) is 0 Å². The highest BCUT2D eigenvalue weighted by Crippen LogP contribution is 2.20. The number of benzene rings is 2. The van der Waals surface area contributed by atoms with Crippen LogP contribution >= 0.6 is 0 Å². The Balaban J connectivity index is 1.91. The predicted octanol–water partition coefficient (Wildman–Crippen LogP) is 5.87. The highest BCUT2D eigenvalue weighted by atomic mass is 16.3. The summed E-state index contributed by atoms with van der Waals surface area (Å²) >= 11 is 0. The van der Waals surface area contributed by atoms with Crippen LogP contribution in [0.4, 0.5) is 0 Å². The first kappa shape index (κ1) is 23.6. The van der Waals surface area contributed by atoms with Crippen LogP contribution in [0, 0.1) is 0 Å². The van der Waals surface area contributed by atoms with Crippen molar-refractivity contribution in [3.63, 3.8) is 0 Å². The molecule has 3 rings (SSSR count). The predicted molar refractivity (Wildman–Crippen MR) is 139 cm³/mol. The van der Waals surface area contributed by atoms with Crippen LogP contribution in [0.5, 0.6) is 0 Å². The van der Waals surface area contributed by atoms with Crippen molar-refractivity contribution in [1.29, 1.82) is 0 Å². The molecule has 4 heteroatoms. The Labute approximate surface area is 196 Å². The van der Waals surface area contributed by atoms with Gasteiger partial charge in [0.25, 0.3) is 0 Å². The fourth-order valence-electron chi connectivity index (χ4n) is 3.27. The summed E-state index contributed by atoms with van der Waals surface area (Å²) in [4.78, 5) is 16.3. The third kappa shape index (κ3) is 7.54.